The number of pyridine rings is 1. The highest BCUT2D eigenvalue weighted by atomic mass is 19.4. The summed E-state index contributed by atoms with van der Waals surface area (Å²) in [5.74, 6) is -0.556. The van der Waals surface area contributed by atoms with Gasteiger partial charge in [-0.3, -0.25) is 0 Å². The fraction of sp³-hybridized carbons (Fsp3) is 0.400. The Morgan fingerprint density at radius 2 is 1.90 bits per heavy atom. The smallest absolute Gasteiger partial charge is 0.490 e. The van der Waals surface area contributed by atoms with Gasteiger partial charge in [-0.2, -0.15) is 13.2 Å². The maximum Gasteiger partial charge on any atom is 0.490 e. The SMILES string of the molecule is CCn1c(-c2nonc2N)nc2c(-c3ccccc3)ncc(OCCC3CCNCC3)c21.O=C(O)C(F)(F)F. The van der Waals surface area contributed by atoms with E-state index in [1.165, 1.54) is 12.8 Å². The third-order valence-corrected chi connectivity index (χ3v) is 6.31. The average Bonchev–Trinajstić information content (AvgIpc) is 3.53. The number of aryl methyl sites for hydroxylation is 1. The average molecular weight is 548 g/mol. The summed E-state index contributed by atoms with van der Waals surface area (Å²) < 4.78 is 44.9. The van der Waals surface area contributed by atoms with Crippen molar-refractivity contribution in [1.82, 2.24) is 30.2 Å². The Labute approximate surface area is 221 Å². The van der Waals surface area contributed by atoms with Gasteiger partial charge in [0.25, 0.3) is 0 Å². The lowest BCUT2D eigenvalue weighted by Crippen LogP contribution is -2.28. The third kappa shape index (κ3) is 6.45. The number of fused-ring (bicyclic) bond motifs is 1. The highest BCUT2D eigenvalue weighted by Crippen LogP contribution is 2.36. The monoisotopic (exact) mass is 547 g/mol. The Hall–Kier alpha value is -4.20. The number of piperidine rings is 1. The zero-order valence-electron chi connectivity index (χ0n) is 21.1. The van der Waals surface area contributed by atoms with Crippen LogP contribution in [0.3, 0.4) is 0 Å². The van der Waals surface area contributed by atoms with Crippen LogP contribution in [0, 0.1) is 5.92 Å². The first-order valence-corrected chi connectivity index (χ1v) is 12.4. The van der Waals surface area contributed by atoms with Crippen LogP contribution >= 0.6 is 0 Å². The van der Waals surface area contributed by atoms with E-state index < -0.39 is 12.1 Å². The molecule has 11 nitrogen and oxygen atoms in total. The van der Waals surface area contributed by atoms with Crippen LogP contribution in [-0.2, 0) is 11.3 Å². The highest BCUT2D eigenvalue weighted by Gasteiger charge is 2.38. The quantitative estimate of drug-likeness (QED) is 0.307. The van der Waals surface area contributed by atoms with Gasteiger partial charge in [0, 0.05) is 12.1 Å². The predicted molar refractivity (Wildman–Crippen MR) is 136 cm³/mol. The molecule has 208 valence electrons. The predicted octanol–water partition coefficient (Wildman–Crippen LogP) is 4.15. The molecule has 0 spiro atoms. The number of rotatable bonds is 7. The number of nitrogens with two attached hydrogens (primary N) is 1. The molecule has 14 heteroatoms. The summed E-state index contributed by atoms with van der Waals surface area (Å²) >= 11 is 0. The van der Waals surface area contributed by atoms with Gasteiger partial charge in [0.1, 0.15) is 11.0 Å². The van der Waals surface area contributed by atoms with Crippen molar-refractivity contribution in [2.24, 2.45) is 5.92 Å². The van der Waals surface area contributed by atoms with Crippen molar-refractivity contribution in [3.63, 3.8) is 0 Å². The largest absolute Gasteiger partial charge is 0.490 e. The minimum absolute atomic E-state index is 0.206. The first-order valence-electron chi connectivity index (χ1n) is 12.4. The van der Waals surface area contributed by atoms with Crippen LogP contribution in [0.25, 0.3) is 33.8 Å². The molecule has 3 aromatic heterocycles. The second-order valence-electron chi connectivity index (χ2n) is 8.85. The first kappa shape index (κ1) is 27.8. The van der Waals surface area contributed by atoms with E-state index in [1.807, 2.05) is 34.9 Å². The molecule has 1 saturated heterocycles. The second kappa shape index (κ2) is 12.1. The minimum Gasteiger partial charge on any atom is -0.490 e. The van der Waals surface area contributed by atoms with Crippen molar-refractivity contribution >= 4 is 22.8 Å². The normalized spacial score (nSPS) is 14.2. The van der Waals surface area contributed by atoms with Crippen LogP contribution in [0.4, 0.5) is 19.0 Å². The number of carboxylic acid groups (broad SMARTS) is 1. The van der Waals surface area contributed by atoms with Gasteiger partial charge in [0.05, 0.1) is 18.5 Å². The van der Waals surface area contributed by atoms with Crippen LogP contribution in [0.1, 0.15) is 26.2 Å². The molecule has 39 heavy (non-hydrogen) atoms. The molecule has 0 radical (unpaired) electrons. The Balaban J connectivity index is 0.000000448. The molecule has 0 unspecified atom stereocenters. The van der Waals surface area contributed by atoms with E-state index in [1.54, 1.807) is 6.20 Å². The fourth-order valence-electron chi connectivity index (χ4n) is 4.37. The summed E-state index contributed by atoms with van der Waals surface area (Å²) in [6, 6.07) is 10.0. The number of halogens is 3. The van der Waals surface area contributed by atoms with Crippen LogP contribution in [0.15, 0.2) is 41.2 Å². The molecule has 0 bridgehead atoms. The van der Waals surface area contributed by atoms with E-state index in [9.17, 15) is 13.2 Å². The summed E-state index contributed by atoms with van der Waals surface area (Å²) in [5, 5.41) is 18.3. The molecular weight excluding hydrogens is 519 g/mol. The molecule has 0 saturated carbocycles. The molecule has 4 aromatic rings. The van der Waals surface area contributed by atoms with Crippen LogP contribution < -0.4 is 15.8 Å². The van der Waals surface area contributed by atoms with Gasteiger partial charge < -0.3 is 25.5 Å². The maximum absolute atomic E-state index is 10.6. The van der Waals surface area contributed by atoms with Gasteiger partial charge in [-0.1, -0.05) is 30.3 Å². The summed E-state index contributed by atoms with van der Waals surface area (Å²) in [6.45, 7) is 5.52. The molecule has 4 heterocycles. The van der Waals surface area contributed by atoms with Gasteiger partial charge in [0.2, 0.25) is 0 Å². The van der Waals surface area contributed by atoms with Gasteiger partial charge >= 0.3 is 12.1 Å². The Kier molecular flexibility index (Phi) is 8.64. The summed E-state index contributed by atoms with van der Waals surface area (Å²) in [6.07, 6.45) is 0.130. The number of aliphatic carboxylic acids is 1. The topological polar surface area (TPSA) is 154 Å². The third-order valence-electron chi connectivity index (χ3n) is 6.31. The van der Waals surface area contributed by atoms with Crippen LogP contribution in [-0.4, -0.2) is 61.8 Å². The number of benzene rings is 1. The van der Waals surface area contributed by atoms with E-state index in [4.69, 9.17) is 35.0 Å². The number of carboxylic acids is 1. The van der Waals surface area contributed by atoms with Crippen molar-refractivity contribution in [3.05, 3.63) is 36.5 Å². The maximum atomic E-state index is 10.6. The molecule has 1 aliphatic rings. The van der Waals surface area contributed by atoms with Crippen molar-refractivity contribution < 1.29 is 32.4 Å². The zero-order chi connectivity index (χ0) is 28.0. The van der Waals surface area contributed by atoms with E-state index in [-0.39, 0.29) is 5.82 Å². The van der Waals surface area contributed by atoms with Crippen LogP contribution in [0.5, 0.6) is 5.75 Å². The number of nitrogens with zero attached hydrogens (tertiary/aromatic N) is 5. The number of aromatic nitrogens is 5. The minimum atomic E-state index is -5.08. The molecule has 1 aromatic carbocycles. The van der Waals surface area contributed by atoms with Crippen LogP contribution in [0.2, 0.25) is 0 Å². The summed E-state index contributed by atoms with van der Waals surface area (Å²) in [7, 11) is 0. The lowest BCUT2D eigenvalue weighted by atomic mass is 9.95. The molecule has 0 atom stereocenters. The van der Waals surface area contributed by atoms with Crippen molar-refractivity contribution in [1.29, 1.82) is 0 Å². The molecule has 0 aliphatic carbocycles. The van der Waals surface area contributed by atoms with Crippen molar-refractivity contribution in [2.75, 3.05) is 25.4 Å². The first-order chi connectivity index (χ1) is 18.7. The van der Waals surface area contributed by atoms with Gasteiger partial charge in [-0.15, -0.1) is 0 Å². The summed E-state index contributed by atoms with van der Waals surface area (Å²) in [5.41, 5.74) is 9.81. The fourth-order valence-corrected chi connectivity index (χ4v) is 4.37. The Morgan fingerprint density at radius 3 is 2.49 bits per heavy atom. The molecule has 5 rings (SSSR count). The van der Waals surface area contributed by atoms with Gasteiger partial charge in [0.15, 0.2) is 23.1 Å². The number of hydrogen-bond acceptors (Lipinski definition) is 9. The number of alkyl halides is 3. The number of nitrogens with one attached hydrogen (secondary N) is 1. The Bertz CT molecular complexity index is 1400. The lowest BCUT2D eigenvalue weighted by Gasteiger charge is -2.22. The standard InChI is InChI=1S/C23H27N7O2.C2HF3O2/c1-2-30-21-17(31-13-10-15-8-11-25-12-9-15)14-26-18(16-6-4-3-5-7-16)19(21)27-23(30)20-22(24)29-32-28-20;3-2(4,5)1(6)7/h3-7,14-15,25H,2,8-13H2,1H3,(H2,24,29);(H,6,7). The van der Waals surface area contributed by atoms with E-state index >= 15 is 0 Å². The number of carbonyl (C=O) groups is 1. The number of imidazole rings is 1. The molecule has 4 N–H and O–H groups in total. The Morgan fingerprint density at radius 1 is 1.21 bits per heavy atom. The number of nitrogen functional groups attached to an aromatic ring is 1. The number of ether oxygens (including phenoxy) is 1. The molecule has 0 amide bonds. The number of anilines is 1. The molecule has 1 aliphatic heterocycles. The lowest BCUT2D eigenvalue weighted by molar-refractivity contribution is -0.192. The number of hydrogen-bond donors (Lipinski definition) is 3. The molecular formula is C25H28F3N7O4. The van der Waals surface area contributed by atoms with E-state index in [0.29, 0.717) is 36.3 Å². The van der Waals surface area contributed by atoms with E-state index in [2.05, 4.69) is 22.6 Å². The summed E-state index contributed by atoms with van der Waals surface area (Å²) in [4.78, 5) is 18.5. The second-order valence-corrected chi connectivity index (χ2v) is 8.85. The van der Waals surface area contributed by atoms with Crippen molar-refractivity contribution in [3.8, 4) is 28.5 Å². The zero-order valence-corrected chi connectivity index (χ0v) is 21.1. The highest BCUT2D eigenvalue weighted by molar-refractivity contribution is 5.95. The van der Waals surface area contributed by atoms with Gasteiger partial charge in [-0.05, 0) is 55.5 Å². The molecule has 1 fully saturated rings. The van der Waals surface area contributed by atoms with Crippen molar-refractivity contribution in [2.45, 2.75) is 38.9 Å². The van der Waals surface area contributed by atoms with E-state index in [0.717, 1.165) is 41.8 Å². The van der Waals surface area contributed by atoms with Gasteiger partial charge in [-0.25, -0.2) is 19.4 Å².